The second-order valence-electron chi connectivity index (χ2n) is 6.57. The third-order valence-electron chi connectivity index (χ3n) is 5.08. The molecule has 2 fully saturated rings. The molecule has 1 aliphatic carbocycles. The van der Waals surface area contributed by atoms with Gasteiger partial charge in [0.25, 0.3) is 5.91 Å². The van der Waals surface area contributed by atoms with E-state index in [2.05, 4.69) is 5.16 Å². The van der Waals surface area contributed by atoms with Crippen LogP contribution in [0, 0.1) is 0 Å². The molecular formula is C19H22N2O4. The van der Waals surface area contributed by atoms with E-state index in [0.29, 0.717) is 24.6 Å². The van der Waals surface area contributed by atoms with Gasteiger partial charge in [-0.25, -0.2) is 0 Å². The molecule has 25 heavy (non-hydrogen) atoms. The molecule has 2 unspecified atom stereocenters. The number of amides is 1. The first kappa shape index (κ1) is 16.1. The summed E-state index contributed by atoms with van der Waals surface area (Å²) in [5.41, 5.74) is 1.19. The van der Waals surface area contributed by atoms with Crippen LogP contribution in [0.15, 0.2) is 34.9 Å². The topological polar surface area (TPSA) is 64.8 Å². The van der Waals surface area contributed by atoms with Crippen LogP contribution in [0.5, 0.6) is 5.75 Å². The van der Waals surface area contributed by atoms with Crippen molar-refractivity contribution in [3.05, 3.63) is 36.0 Å². The average molecular weight is 342 g/mol. The van der Waals surface area contributed by atoms with Gasteiger partial charge in [-0.2, -0.15) is 0 Å². The van der Waals surface area contributed by atoms with Gasteiger partial charge in [0.15, 0.2) is 11.5 Å². The molecule has 6 heteroatoms. The highest BCUT2D eigenvalue weighted by Gasteiger charge is 2.37. The van der Waals surface area contributed by atoms with Gasteiger partial charge in [-0.1, -0.05) is 30.1 Å². The zero-order valence-electron chi connectivity index (χ0n) is 14.3. The Morgan fingerprint density at radius 2 is 2.16 bits per heavy atom. The maximum Gasteiger partial charge on any atom is 0.276 e. The minimum atomic E-state index is -0.0712. The van der Waals surface area contributed by atoms with Crippen LogP contribution in [0.4, 0.5) is 0 Å². The summed E-state index contributed by atoms with van der Waals surface area (Å²) >= 11 is 0. The number of nitrogens with zero attached hydrogens (tertiary/aromatic N) is 2. The van der Waals surface area contributed by atoms with E-state index in [1.165, 1.54) is 6.42 Å². The van der Waals surface area contributed by atoms with E-state index in [0.717, 1.165) is 30.6 Å². The van der Waals surface area contributed by atoms with E-state index in [-0.39, 0.29) is 18.1 Å². The van der Waals surface area contributed by atoms with Gasteiger partial charge in [-0.05, 0) is 25.0 Å². The lowest BCUT2D eigenvalue weighted by molar-refractivity contribution is -0.0755. The van der Waals surface area contributed by atoms with Crippen molar-refractivity contribution < 1.29 is 18.8 Å². The van der Waals surface area contributed by atoms with Crippen molar-refractivity contribution in [2.75, 3.05) is 20.3 Å². The Morgan fingerprint density at radius 3 is 3.04 bits per heavy atom. The van der Waals surface area contributed by atoms with E-state index in [1.54, 1.807) is 13.2 Å². The molecule has 0 spiro atoms. The van der Waals surface area contributed by atoms with Crippen molar-refractivity contribution >= 4 is 5.91 Å². The van der Waals surface area contributed by atoms with Crippen molar-refractivity contribution in [2.24, 2.45) is 0 Å². The van der Waals surface area contributed by atoms with E-state index in [1.807, 2.05) is 29.2 Å². The molecule has 2 heterocycles. The van der Waals surface area contributed by atoms with Crippen LogP contribution in [0.3, 0.4) is 0 Å². The van der Waals surface area contributed by atoms with Crippen LogP contribution < -0.4 is 4.74 Å². The lowest BCUT2D eigenvalue weighted by Crippen LogP contribution is -2.54. The molecule has 0 N–H and O–H groups in total. The number of morpholine rings is 1. The van der Waals surface area contributed by atoms with Crippen LogP contribution in [-0.2, 0) is 4.74 Å². The maximum absolute atomic E-state index is 12.9. The third kappa shape index (κ3) is 3.14. The SMILES string of the molecule is COc1cccc(-c2cc(C(=O)N3CCOC4CCCCC43)no2)c1. The first-order chi connectivity index (χ1) is 12.3. The highest BCUT2D eigenvalue weighted by atomic mass is 16.5. The molecule has 1 amide bonds. The molecule has 2 atom stereocenters. The number of benzene rings is 1. The summed E-state index contributed by atoms with van der Waals surface area (Å²) in [5, 5.41) is 4.01. The Labute approximate surface area is 146 Å². The fourth-order valence-electron chi connectivity index (χ4n) is 3.78. The molecule has 1 aromatic carbocycles. The molecular weight excluding hydrogens is 320 g/mol. The zero-order chi connectivity index (χ0) is 17.2. The minimum Gasteiger partial charge on any atom is -0.497 e. The predicted octanol–water partition coefficient (Wildman–Crippen LogP) is 3.13. The molecule has 1 aliphatic heterocycles. The average Bonchev–Trinajstić information content (AvgIpc) is 3.17. The van der Waals surface area contributed by atoms with Gasteiger partial charge in [0, 0.05) is 18.2 Å². The summed E-state index contributed by atoms with van der Waals surface area (Å²) in [5.74, 6) is 1.23. The van der Waals surface area contributed by atoms with E-state index in [4.69, 9.17) is 14.0 Å². The van der Waals surface area contributed by atoms with Crippen molar-refractivity contribution in [2.45, 2.75) is 37.8 Å². The van der Waals surface area contributed by atoms with Crippen molar-refractivity contribution in [3.63, 3.8) is 0 Å². The van der Waals surface area contributed by atoms with Gasteiger partial charge in [0.2, 0.25) is 0 Å². The van der Waals surface area contributed by atoms with Crippen molar-refractivity contribution in [3.8, 4) is 17.1 Å². The number of fused-ring (bicyclic) bond motifs is 1. The number of ether oxygens (including phenoxy) is 2. The Balaban J connectivity index is 1.55. The number of carbonyl (C=O) groups is 1. The molecule has 4 rings (SSSR count). The van der Waals surface area contributed by atoms with E-state index < -0.39 is 0 Å². The van der Waals surface area contributed by atoms with Gasteiger partial charge in [-0.3, -0.25) is 4.79 Å². The fraction of sp³-hybridized carbons (Fsp3) is 0.474. The van der Waals surface area contributed by atoms with Gasteiger partial charge in [-0.15, -0.1) is 0 Å². The van der Waals surface area contributed by atoms with Crippen molar-refractivity contribution in [1.82, 2.24) is 10.1 Å². The van der Waals surface area contributed by atoms with Crippen LogP contribution in [0.25, 0.3) is 11.3 Å². The largest absolute Gasteiger partial charge is 0.497 e. The Hall–Kier alpha value is -2.34. The van der Waals surface area contributed by atoms with E-state index >= 15 is 0 Å². The third-order valence-corrected chi connectivity index (χ3v) is 5.08. The lowest BCUT2D eigenvalue weighted by Gasteiger charge is -2.43. The predicted molar refractivity (Wildman–Crippen MR) is 91.5 cm³/mol. The molecule has 0 bridgehead atoms. The van der Waals surface area contributed by atoms with Gasteiger partial charge < -0.3 is 18.9 Å². The number of hydrogen-bond acceptors (Lipinski definition) is 5. The number of hydrogen-bond donors (Lipinski definition) is 0. The molecule has 2 aliphatic rings. The number of methoxy groups -OCH3 is 1. The molecule has 0 radical (unpaired) electrons. The summed E-state index contributed by atoms with van der Waals surface area (Å²) in [4.78, 5) is 14.9. The quantitative estimate of drug-likeness (QED) is 0.857. The summed E-state index contributed by atoms with van der Waals surface area (Å²) in [6.07, 6.45) is 4.51. The maximum atomic E-state index is 12.9. The Kier molecular flexibility index (Phi) is 4.44. The highest BCUT2D eigenvalue weighted by molar-refractivity contribution is 5.93. The first-order valence-electron chi connectivity index (χ1n) is 8.80. The van der Waals surface area contributed by atoms with E-state index in [9.17, 15) is 4.79 Å². The van der Waals surface area contributed by atoms with Crippen LogP contribution in [0.1, 0.15) is 36.2 Å². The van der Waals surface area contributed by atoms with Crippen LogP contribution in [-0.4, -0.2) is 48.4 Å². The molecule has 2 aromatic rings. The Bertz CT molecular complexity index is 755. The van der Waals surface area contributed by atoms with Crippen LogP contribution in [0.2, 0.25) is 0 Å². The molecule has 1 aromatic heterocycles. The second-order valence-corrected chi connectivity index (χ2v) is 6.57. The first-order valence-corrected chi connectivity index (χ1v) is 8.80. The van der Waals surface area contributed by atoms with Gasteiger partial charge >= 0.3 is 0 Å². The van der Waals surface area contributed by atoms with Crippen molar-refractivity contribution in [1.29, 1.82) is 0 Å². The van der Waals surface area contributed by atoms with Gasteiger partial charge in [0.05, 0.1) is 25.9 Å². The summed E-state index contributed by atoms with van der Waals surface area (Å²) in [7, 11) is 1.62. The standard InChI is InChI=1S/C19H22N2O4/c1-23-14-6-4-5-13(11-14)18-12-15(20-25-18)19(22)21-9-10-24-17-8-3-2-7-16(17)21/h4-6,11-12,16-17H,2-3,7-10H2,1H3. The second kappa shape index (κ2) is 6.88. The molecule has 1 saturated heterocycles. The minimum absolute atomic E-state index is 0.0712. The summed E-state index contributed by atoms with van der Waals surface area (Å²) in [6, 6.07) is 9.39. The number of carbonyl (C=O) groups excluding carboxylic acids is 1. The summed E-state index contributed by atoms with van der Waals surface area (Å²) < 4.78 is 16.5. The Morgan fingerprint density at radius 1 is 1.28 bits per heavy atom. The molecule has 6 nitrogen and oxygen atoms in total. The summed E-state index contributed by atoms with van der Waals surface area (Å²) in [6.45, 7) is 1.20. The van der Waals surface area contributed by atoms with Crippen LogP contribution >= 0.6 is 0 Å². The van der Waals surface area contributed by atoms with Gasteiger partial charge in [0.1, 0.15) is 5.75 Å². The number of aromatic nitrogens is 1. The fourth-order valence-corrected chi connectivity index (χ4v) is 3.78. The zero-order valence-corrected chi connectivity index (χ0v) is 14.3. The smallest absolute Gasteiger partial charge is 0.276 e. The highest BCUT2D eigenvalue weighted by Crippen LogP contribution is 2.30. The lowest BCUT2D eigenvalue weighted by atomic mass is 9.90. The molecule has 132 valence electrons. The molecule has 1 saturated carbocycles. The monoisotopic (exact) mass is 342 g/mol. The normalized spacial score (nSPS) is 23.2. The number of rotatable bonds is 3.